The molecule has 1 amide bonds. The number of amides is 1. The molecule has 172 valence electrons. The van der Waals surface area contributed by atoms with E-state index in [0.717, 1.165) is 18.2 Å². The summed E-state index contributed by atoms with van der Waals surface area (Å²) in [7, 11) is -2.44. The maximum Gasteiger partial charge on any atom is 0.416 e. The third kappa shape index (κ3) is 5.67. The number of anilines is 1. The van der Waals surface area contributed by atoms with Gasteiger partial charge in [0.05, 0.1) is 36.5 Å². The number of nitrogens with one attached hydrogen (secondary N) is 1. The van der Waals surface area contributed by atoms with Crippen molar-refractivity contribution in [1.29, 1.82) is 0 Å². The van der Waals surface area contributed by atoms with Crippen LogP contribution < -0.4 is 10.1 Å². The van der Waals surface area contributed by atoms with E-state index in [4.69, 9.17) is 9.47 Å². The Kier molecular flexibility index (Phi) is 7.22. The number of nitrogens with zero attached hydrogens (tertiary/aromatic N) is 1. The van der Waals surface area contributed by atoms with E-state index in [1.807, 2.05) is 0 Å². The monoisotopic (exact) mass is 470 g/mol. The summed E-state index contributed by atoms with van der Waals surface area (Å²) in [6, 6.07) is 8.58. The number of methoxy groups -OCH3 is 1. The lowest BCUT2D eigenvalue weighted by molar-refractivity contribution is -0.137. The van der Waals surface area contributed by atoms with Gasteiger partial charge in [0, 0.05) is 19.2 Å². The summed E-state index contributed by atoms with van der Waals surface area (Å²) in [5.74, 6) is -0.437. The fourth-order valence-corrected chi connectivity index (χ4v) is 4.48. The number of benzene rings is 2. The van der Waals surface area contributed by atoms with Gasteiger partial charge >= 0.3 is 6.18 Å². The van der Waals surface area contributed by atoms with Gasteiger partial charge in [-0.25, -0.2) is 8.42 Å². The second-order valence-corrected chi connectivity index (χ2v) is 8.76. The largest absolute Gasteiger partial charge is 0.495 e. The molecule has 1 N–H and O–H groups in total. The lowest BCUT2D eigenvalue weighted by atomic mass is 10.1. The van der Waals surface area contributed by atoms with Crippen LogP contribution in [0.25, 0.3) is 6.08 Å². The first-order chi connectivity index (χ1) is 15.1. The zero-order valence-electron chi connectivity index (χ0n) is 17.1. The van der Waals surface area contributed by atoms with Gasteiger partial charge in [0.15, 0.2) is 0 Å². The molecule has 7 nitrogen and oxygen atoms in total. The normalized spacial score (nSPS) is 15.6. The summed E-state index contributed by atoms with van der Waals surface area (Å²) in [6.45, 7) is 1.02. The van der Waals surface area contributed by atoms with Crippen LogP contribution in [0.5, 0.6) is 5.75 Å². The van der Waals surface area contributed by atoms with Crippen LogP contribution in [0.1, 0.15) is 11.1 Å². The quantitative estimate of drug-likeness (QED) is 0.655. The van der Waals surface area contributed by atoms with Gasteiger partial charge in [-0.1, -0.05) is 12.1 Å². The number of halogens is 3. The molecule has 1 heterocycles. The lowest BCUT2D eigenvalue weighted by Crippen LogP contribution is -2.40. The molecule has 2 aromatic rings. The van der Waals surface area contributed by atoms with Gasteiger partial charge in [-0.2, -0.15) is 17.5 Å². The van der Waals surface area contributed by atoms with Crippen LogP contribution in [-0.2, 0) is 25.7 Å². The van der Waals surface area contributed by atoms with Crippen molar-refractivity contribution in [3.8, 4) is 5.75 Å². The number of hydrogen-bond donors (Lipinski definition) is 1. The Hall–Kier alpha value is -2.89. The number of carbonyl (C=O) groups excluding carboxylic acids is 1. The highest BCUT2D eigenvalue weighted by Gasteiger charge is 2.30. The fourth-order valence-electron chi connectivity index (χ4n) is 3.05. The van der Waals surface area contributed by atoms with E-state index in [9.17, 15) is 26.4 Å². The standard InChI is InChI=1S/C21H21F3N2O5S/c1-30-19-7-6-17(32(28,29)26-9-11-31-12-10-26)14-18(19)25-20(27)8-5-15-3-2-4-16(13-15)21(22,23)24/h2-8,13-14H,9-12H2,1H3,(H,25,27). The second-order valence-electron chi connectivity index (χ2n) is 6.82. The van der Waals surface area contributed by atoms with Crippen LogP contribution in [-0.4, -0.2) is 52.0 Å². The zero-order chi connectivity index (χ0) is 23.4. The van der Waals surface area contributed by atoms with Gasteiger partial charge < -0.3 is 14.8 Å². The molecule has 2 aromatic carbocycles. The van der Waals surface area contributed by atoms with Crippen molar-refractivity contribution in [3.05, 3.63) is 59.7 Å². The van der Waals surface area contributed by atoms with Crippen LogP contribution in [0.15, 0.2) is 53.4 Å². The third-order valence-corrected chi connectivity index (χ3v) is 6.57. The Balaban J connectivity index is 1.79. The van der Waals surface area contributed by atoms with Gasteiger partial charge in [-0.15, -0.1) is 0 Å². The lowest BCUT2D eigenvalue weighted by Gasteiger charge is -2.26. The summed E-state index contributed by atoms with van der Waals surface area (Å²) >= 11 is 0. The highest BCUT2D eigenvalue weighted by Crippen LogP contribution is 2.31. The third-order valence-electron chi connectivity index (χ3n) is 4.68. The predicted molar refractivity (Wildman–Crippen MR) is 112 cm³/mol. The zero-order valence-corrected chi connectivity index (χ0v) is 17.9. The molecule has 0 spiro atoms. The molecule has 0 saturated carbocycles. The van der Waals surface area contributed by atoms with E-state index in [1.165, 1.54) is 47.8 Å². The first-order valence-electron chi connectivity index (χ1n) is 9.53. The average Bonchev–Trinajstić information content (AvgIpc) is 2.78. The minimum atomic E-state index is -4.49. The molecule has 0 bridgehead atoms. The fraction of sp³-hybridized carbons (Fsp3) is 0.286. The van der Waals surface area contributed by atoms with Crippen molar-refractivity contribution in [2.24, 2.45) is 0 Å². The number of alkyl halides is 3. The molecule has 0 aliphatic carbocycles. The van der Waals surface area contributed by atoms with Gasteiger partial charge in [0.25, 0.3) is 0 Å². The van der Waals surface area contributed by atoms with E-state index in [1.54, 1.807) is 0 Å². The molecule has 3 rings (SSSR count). The summed E-state index contributed by atoms with van der Waals surface area (Å²) in [6.07, 6.45) is -2.21. The van der Waals surface area contributed by atoms with Crippen LogP contribution in [0, 0.1) is 0 Å². The van der Waals surface area contributed by atoms with E-state index in [0.29, 0.717) is 13.2 Å². The Morgan fingerprint density at radius 1 is 1.16 bits per heavy atom. The topological polar surface area (TPSA) is 84.9 Å². The summed E-state index contributed by atoms with van der Waals surface area (Å²) in [5, 5.41) is 2.51. The molecule has 0 radical (unpaired) electrons. The van der Waals surface area contributed by atoms with Crippen molar-refractivity contribution in [2.75, 3.05) is 38.7 Å². The molecule has 11 heteroatoms. The van der Waals surface area contributed by atoms with Gasteiger partial charge in [0.1, 0.15) is 5.75 Å². The van der Waals surface area contributed by atoms with Crippen LogP contribution in [0.4, 0.5) is 18.9 Å². The summed E-state index contributed by atoms with van der Waals surface area (Å²) in [5.41, 5.74) is -0.533. The molecular weight excluding hydrogens is 449 g/mol. The maximum atomic E-state index is 12.9. The molecule has 1 aliphatic heterocycles. The van der Waals surface area contributed by atoms with Crippen LogP contribution >= 0.6 is 0 Å². The van der Waals surface area contributed by atoms with Gasteiger partial charge in [0.2, 0.25) is 15.9 Å². The van der Waals surface area contributed by atoms with Crippen molar-refractivity contribution in [2.45, 2.75) is 11.1 Å². The minimum Gasteiger partial charge on any atom is -0.495 e. The first kappa shape index (κ1) is 23.8. The van der Waals surface area contributed by atoms with Crippen LogP contribution in [0.2, 0.25) is 0 Å². The van der Waals surface area contributed by atoms with Crippen molar-refractivity contribution in [1.82, 2.24) is 4.31 Å². The van der Waals surface area contributed by atoms with Gasteiger partial charge in [-0.05, 0) is 42.0 Å². The molecule has 1 saturated heterocycles. The Morgan fingerprint density at radius 2 is 1.88 bits per heavy atom. The Labute approximate surface area is 183 Å². The number of ether oxygens (including phenoxy) is 2. The van der Waals surface area contributed by atoms with Crippen molar-refractivity contribution < 1.29 is 35.9 Å². The number of rotatable bonds is 6. The van der Waals surface area contributed by atoms with E-state index < -0.39 is 27.7 Å². The average molecular weight is 470 g/mol. The number of hydrogen-bond acceptors (Lipinski definition) is 5. The predicted octanol–water partition coefficient (Wildman–Crippen LogP) is 3.39. The maximum absolute atomic E-state index is 12.9. The smallest absolute Gasteiger partial charge is 0.416 e. The SMILES string of the molecule is COc1ccc(S(=O)(=O)N2CCOCC2)cc1NC(=O)C=Cc1cccc(C(F)(F)F)c1. The number of sulfonamides is 1. The molecule has 0 aromatic heterocycles. The van der Waals surface area contributed by atoms with E-state index in [2.05, 4.69) is 5.32 Å². The molecule has 32 heavy (non-hydrogen) atoms. The van der Waals surface area contributed by atoms with Gasteiger partial charge in [-0.3, -0.25) is 4.79 Å². The summed E-state index contributed by atoms with van der Waals surface area (Å²) < 4.78 is 75.9. The highest BCUT2D eigenvalue weighted by atomic mass is 32.2. The van der Waals surface area contributed by atoms with Crippen LogP contribution in [0.3, 0.4) is 0 Å². The van der Waals surface area contributed by atoms with Crippen molar-refractivity contribution >= 4 is 27.7 Å². The van der Waals surface area contributed by atoms with Crippen molar-refractivity contribution in [3.63, 3.8) is 0 Å². The number of morpholine rings is 1. The van der Waals surface area contributed by atoms with E-state index in [-0.39, 0.29) is 35.0 Å². The second kappa shape index (κ2) is 9.72. The Morgan fingerprint density at radius 3 is 2.53 bits per heavy atom. The number of carbonyl (C=O) groups is 1. The first-order valence-corrected chi connectivity index (χ1v) is 11.0. The summed E-state index contributed by atoms with van der Waals surface area (Å²) in [4.78, 5) is 12.3. The Bertz CT molecular complexity index is 1110. The molecule has 0 unspecified atom stereocenters. The molecule has 1 fully saturated rings. The molecular formula is C21H21F3N2O5S. The minimum absolute atomic E-state index is 0.0302. The molecule has 1 aliphatic rings. The highest BCUT2D eigenvalue weighted by molar-refractivity contribution is 7.89. The molecule has 0 atom stereocenters. The van der Waals surface area contributed by atoms with E-state index >= 15 is 0 Å².